The Morgan fingerprint density at radius 2 is 2.31 bits per heavy atom. The average Bonchev–Trinajstić information content (AvgIpc) is 2.72. The highest BCUT2D eigenvalue weighted by molar-refractivity contribution is 5.76. The first-order valence-electron chi connectivity index (χ1n) is 6.13. The molecule has 0 radical (unpaired) electrons. The van der Waals surface area contributed by atoms with Gasteiger partial charge in [0, 0.05) is 38.6 Å². The Morgan fingerprint density at radius 1 is 1.56 bits per heavy atom. The molecule has 0 spiro atoms. The van der Waals surface area contributed by atoms with Crippen LogP contribution in [0.4, 0.5) is 0 Å². The molecule has 1 fully saturated rings. The van der Waals surface area contributed by atoms with Crippen molar-refractivity contribution in [3.8, 4) is 0 Å². The van der Waals surface area contributed by atoms with Gasteiger partial charge in [-0.2, -0.15) is 0 Å². The van der Waals surface area contributed by atoms with Gasteiger partial charge in [-0.15, -0.1) is 0 Å². The van der Waals surface area contributed by atoms with Crippen molar-refractivity contribution in [1.29, 1.82) is 0 Å². The number of likely N-dealkylation sites (tertiary alicyclic amines) is 1. The largest absolute Gasteiger partial charge is 0.396 e. The van der Waals surface area contributed by atoms with E-state index in [4.69, 9.17) is 9.84 Å². The van der Waals surface area contributed by atoms with Crippen LogP contribution in [-0.2, 0) is 9.53 Å². The van der Waals surface area contributed by atoms with Gasteiger partial charge in [0.15, 0.2) is 0 Å². The second-order valence-electron chi connectivity index (χ2n) is 4.70. The number of aliphatic hydroxyl groups excluding tert-OH is 1. The molecule has 1 aliphatic heterocycles. The predicted molar refractivity (Wildman–Crippen MR) is 62.1 cm³/mol. The highest BCUT2D eigenvalue weighted by atomic mass is 16.5. The topological polar surface area (TPSA) is 49.8 Å². The van der Waals surface area contributed by atoms with Crippen LogP contribution >= 0.6 is 0 Å². The second-order valence-corrected chi connectivity index (χ2v) is 4.70. The number of rotatable bonds is 6. The van der Waals surface area contributed by atoms with Gasteiger partial charge in [0.05, 0.1) is 6.10 Å². The van der Waals surface area contributed by atoms with E-state index in [0.29, 0.717) is 13.0 Å². The first-order chi connectivity index (χ1) is 7.63. The molecule has 1 saturated heterocycles. The number of ether oxygens (including phenoxy) is 1. The van der Waals surface area contributed by atoms with Crippen molar-refractivity contribution in [3.63, 3.8) is 0 Å². The quantitative estimate of drug-likeness (QED) is 0.692. The second kappa shape index (κ2) is 6.86. The highest BCUT2D eigenvalue weighted by Crippen LogP contribution is 2.16. The predicted octanol–water partition coefficient (Wildman–Crippen LogP) is 1.03. The third-order valence-corrected chi connectivity index (χ3v) is 2.88. The van der Waals surface area contributed by atoms with Crippen LogP contribution in [0.5, 0.6) is 0 Å². The Balaban J connectivity index is 2.11. The van der Waals surface area contributed by atoms with Crippen molar-refractivity contribution in [2.75, 3.05) is 26.3 Å². The lowest BCUT2D eigenvalue weighted by atomic mass is 10.1. The third kappa shape index (κ3) is 4.49. The molecule has 94 valence electrons. The van der Waals surface area contributed by atoms with E-state index in [1.165, 1.54) is 0 Å². The molecule has 0 saturated carbocycles. The van der Waals surface area contributed by atoms with Gasteiger partial charge in [0.1, 0.15) is 0 Å². The van der Waals surface area contributed by atoms with Gasteiger partial charge in [-0.05, 0) is 26.7 Å². The van der Waals surface area contributed by atoms with Crippen LogP contribution < -0.4 is 0 Å². The monoisotopic (exact) mass is 229 g/mol. The average molecular weight is 229 g/mol. The molecule has 0 unspecified atom stereocenters. The lowest BCUT2D eigenvalue weighted by Crippen LogP contribution is -2.29. The molecule has 1 rings (SSSR count). The van der Waals surface area contributed by atoms with Crippen LogP contribution in [-0.4, -0.2) is 48.3 Å². The van der Waals surface area contributed by atoms with Crippen LogP contribution in [0, 0.1) is 5.92 Å². The number of hydrogen-bond donors (Lipinski definition) is 1. The van der Waals surface area contributed by atoms with Crippen LogP contribution in [0.25, 0.3) is 0 Å². The van der Waals surface area contributed by atoms with E-state index in [1.54, 1.807) is 0 Å². The molecule has 0 aromatic rings. The van der Waals surface area contributed by atoms with Crippen molar-refractivity contribution in [1.82, 2.24) is 4.90 Å². The van der Waals surface area contributed by atoms with E-state index in [2.05, 4.69) is 0 Å². The molecule has 1 atom stereocenters. The smallest absolute Gasteiger partial charge is 0.222 e. The van der Waals surface area contributed by atoms with Gasteiger partial charge >= 0.3 is 0 Å². The maximum Gasteiger partial charge on any atom is 0.222 e. The van der Waals surface area contributed by atoms with E-state index < -0.39 is 0 Å². The molecule has 1 heterocycles. The summed E-state index contributed by atoms with van der Waals surface area (Å²) in [6.45, 7) is 6.36. The lowest BCUT2D eigenvalue weighted by Gasteiger charge is -2.16. The fourth-order valence-corrected chi connectivity index (χ4v) is 1.91. The molecule has 1 N–H and O–H groups in total. The van der Waals surface area contributed by atoms with E-state index in [9.17, 15) is 4.79 Å². The first kappa shape index (κ1) is 13.5. The van der Waals surface area contributed by atoms with Gasteiger partial charge in [-0.1, -0.05) is 0 Å². The summed E-state index contributed by atoms with van der Waals surface area (Å²) in [5.41, 5.74) is 0. The normalized spacial score (nSPS) is 20.8. The SMILES string of the molecule is CC(C)OCCCC(=O)N1CC[C@@H](CO)C1. The lowest BCUT2D eigenvalue weighted by molar-refractivity contribution is -0.130. The van der Waals surface area contributed by atoms with Crippen LogP contribution in [0.2, 0.25) is 0 Å². The molecule has 16 heavy (non-hydrogen) atoms. The summed E-state index contributed by atoms with van der Waals surface area (Å²) in [6, 6.07) is 0. The number of hydrogen-bond acceptors (Lipinski definition) is 3. The Labute approximate surface area is 97.6 Å². The minimum Gasteiger partial charge on any atom is -0.396 e. The molecule has 1 aliphatic rings. The van der Waals surface area contributed by atoms with E-state index in [-0.39, 0.29) is 24.5 Å². The standard InChI is InChI=1S/C12H23NO3/c1-10(2)16-7-3-4-12(15)13-6-5-11(8-13)9-14/h10-11,14H,3-9H2,1-2H3/t11-/m1/s1. The number of amides is 1. The Kier molecular flexibility index (Phi) is 5.77. The molecule has 0 aromatic carbocycles. The highest BCUT2D eigenvalue weighted by Gasteiger charge is 2.24. The minimum atomic E-state index is 0.195. The molecular formula is C12H23NO3. The van der Waals surface area contributed by atoms with Crippen LogP contribution in [0.1, 0.15) is 33.1 Å². The Morgan fingerprint density at radius 3 is 2.88 bits per heavy atom. The molecule has 1 amide bonds. The van der Waals surface area contributed by atoms with Crippen molar-refractivity contribution < 1.29 is 14.6 Å². The summed E-state index contributed by atoms with van der Waals surface area (Å²) in [4.78, 5) is 13.6. The zero-order valence-electron chi connectivity index (χ0n) is 10.3. The molecule has 4 nitrogen and oxygen atoms in total. The van der Waals surface area contributed by atoms with Crippen LogP contribution in [0.15, 0.2) is 0 Å². The summed E-state index contributed by atoms with van der Waals surface area (Å²) in [6.07, 6.45) is 2.52. The molecule has 0 aliphatic carbocycles. The number of carbonyl (C=O) groups is 1. The van der Waals surface area contributed by atoms with Gasteiger partial charge in [-0.25, -0.2) is 0 Å². The van der Waals surface area contributed by atoms with Crippen LogP contribution in [0.3, 0.4) is 0 Å². The van der Waals surface area contributed by atoms with E-state index in [1.807, 2.05) is 18.7 Å². The fraction of sp³-hybridized carbons (Fsp3) is 0.917. The van der Waals surface area contributed by atoms with Crippen molar-refractivity contribution in [3.05, 3.63) is 0 Å². The molecule has 4 heteroatoms. The molecular weight excluding hydrogens is 206 g/mol. The minimum absolute atomic E-state index is 0.195. The van der Waals surface area contributed by atoms with Crippen molar-refractivity contribution in [2.24, 2.45) is 5.92 Å². The maximum atomic E-state index is 11.7. The van der Waals surface area contributed by atoms with E-state index >= 15 is 0 Å². The summed E-state index contributed by atoms with van der Waals surface area (Å²) >= 11 is 0. The van der Waals surface area contributed by atoms with Crippen molar-refractivity contribution >= 4 is 5.91 Å². The number of nitrogens with zero attached hydrogens (tertiary/aromatic N) is 1. The van der Waals surface area contributed by atoms with Crippen molar-refractivity contribution in [2.45, 2.75) is 39.2 Å². The number of carbonyl (C=O) groups excluding carboxylic acids is 1. The van der Waals surface area contributed by atoms with Gasteiger partial charge in [0.2, 0.25) is 5.91 Å². The number of aliphatic hydroxyl groups is 1. The first-order valence-corrected chi connectivity index (χ1v) is 6.13. The Bertz CT molecular complexity index is 218. The van der Waals surface area contributed by atoms with Gasteiger partial charge in [-0.3, -0.25) is 4.79 Å². The Hall–Kier alpha value is -0.610. The van der Waals surface area contributed by atoms with E-state index in [0.717, 1.165) is 25.9 Å². The molecule has 0 aromatic heterocycles. The fourth-order valence-electron chi connectivity index (χ4n) is 1.91. The zero-order chi connectivity index (χ0) is 12.0. The molecule has 0 bridgehead atoms. The summed E-state index contributed by atoms with van der Waals surface area (Å²) < 4.78 is 5.39. The summed E-state index contributed by atoms with van der Waals surface area (Å²) in [5.74, 6) is 0.485. The maximum absolute atomic E-state index is 11.7. The third-order valence-electron chi connectivity index (χ3n) is 2.88. The summed E-state index contributed by atoms with van der Waals surface area (Å²) in [5, 5.41) is 8.98. The van der Waals surface area contributed by atoms with Gasteiger partial charge in [0.25, 0.3) is 0 Å². The zero-order valence-corrected chi connectivity index (χ0v) is 10.3. The summed E-state index contributed by atoms with van der Waals surface area (Å²) in [7, 11) is 0. The van der Waals surface area contributed by atoms with Gasteiger partial charge < -0.3 is 14.7 Å².